The van der Waals surface area contributed by atoms with Gasteiger partial charge >= 0.3 is 6.03 Å². The summed E-state index contributed by atoms with van der Waals surface area (Å²) in [6.45, 7) is 12.4. The number of likely N-dealkylation sites (N-methyl/N-ethyl adjacent to an activating group) is 2. The predicted octanol–water partition coefficient (Wildman–Crippen LogP) is 3.30. The van der Waals surface area contributed by atoms with Crippen molar-refractivity contribution in [1.82, 2.24) is 15.1 Å². The van der Waals surface area contributed by atoms with Crippen LogP contribution in [0.15, 0.2) is 18.2 Å². The Hall–Kier alpha value is -1.59. The van der Waals surface area contributed by atoms with Crippen LogP contribution in [-0.4, -0.2) is 62.1 Å². The van der Waals surface area contributed by atoms with Crippen LogP contribution in [0, 0.1) is 0 Å². The monoisotopic (exact) mass is 346 g/mol. The maximum absolute atomic E-state index is 12.5. The van der Waals surface area contributed by atoms with E-state index in [9.17, 15) is 4.79 Å². The number of hydrogen-bond donors (Lipinski definition) is 2. The molecule has 0 aliphatic carbocycles. The largest absolute Gasteiger partial charge is 0.336 e. The number of anilines is 1. The SMILES string of the molecule is CC(C)c1cccc(C(C)C)c1NC(=O)NCC1CN(C)CCN1C. The Morgan fingerprint density at radius 1 is 1.12 bits per heavy atom. The van der Waals surface area contributed by atoms with E-state index in [-0.39, 0.29) is 6.03 Å². The number of carbonyl (C=O) groups excluding carboxylic acids is 1. The smallest absolute Gasteiger partial charge is 0.319 e. The van der Waals surface area contributed by atoms with Crippen molar-refractivity contribution in [3.8, 4) is 0 Å². The molecule has 5 heteroatoms. The minimum absolute atomic E-state index is 0.114. The van der Waals surface area contributed by atoms with Crippen molar-refractivity contribution in [2.75, 3.05) is 45.6 Å². The third kappa shape index (κ3) is 5.19. The van der Waals surface area contributed by atoms with E-state index in [0.717, 1.165) is 25.3 Å². The lowest BCUT2D eigenvalue weighted by molar-refractivity contribution is 0.115. The van der Waals surface area contributed by atoms with E-state index in [1.807, 2.05) is 0 Å². The quantitative estimate of drug-likeness (QED) is 0.860. The third-order valence-corrected chi connectivity index (χ3v) is 5.09. The molecule has 2 rings (SSSR count). The second-order valence-electron chi connectivity index (χ2n) is 7.85. The fraction of sp³-hybridized carbons (Fsp3) is 0.650. The first-order valence-electron chi connectivity index (χ1n) is 9.36. The highest BCUT2D eigenvalue weighted by molar-refractivity contribution is 5.91. The third-order valence-electron chi connectivity index (χ3n) is 5.09. The summed E-state index contributed by atoms with van der Waals surface area (Å²) in [5, 5.41) is 6.19. The Morgan fingerprint density at radius 3 is 2.28 bits per heavy atom. The van der Waals surface area contributed by atoms with Gasteiger partial charge in [0.05, 0.1) is 0 Å². The molecule has 2 amide bonds. The standard InChI is InChI=1S/C20H34N4O/c1-14(2)17-8-7-9-18(15(3)4)19(17)22-20(25)21-12-16-13-23(5)10-11-24(16)6/h7-9,14-16H,10-13H2,1-6H3,(H2,21,22,25). The van der Waals surface area contributed by atoms with Crippen LogP contribution in [-0.2, 0) is 0 Å². The Morgan fingerprint density at radius 2 is 1.72 bits per heavy atom. The van der Waals surface area contributed by atoms with Crippen molar-refractivity contribution in [2.24, 2.45) is 0 Å². The number of benzene rings is 1. The van der Waals surface area contributed by atoms with Crippen molar-refractivity contribution >= 4 is 11.7 Å². The van der Waals surface area contributed by atoms with Gasteiger partial charge in [0.1, 0.15) is 0 Å². The number of hydrogen-bond acceptors (Lipinski definition) is 3. The van der Waals surface area contributed by atoms with E-state index in [2.05, 4.69) is 80.4 Å². The van der Waals surface area contributed by atoms with Gasteiger partial charge in [0.2, 0.25) is 0 Å². The Balaban J connectivity index is 2.05. The number of rotatable bonds is 5. The molecule has 1 aromatic rings. The molecule has 0 radical (unpaired) electrons. The number of para-hydroxylation sites is 1. The van der Waals surface area contributed by atoms with Crippen LogP contribution in [0.25, 0.3) is 0 Å². The van der Waals surface area contributed by atoms with E-state index in [1.165, 1.54) is 11.1 Å². The maximum atomic E-state index is 12.5. The van der Waals surface area contributed by atoms with Gasteiger partial charge in [-0.1, -0.05) is 45.9 Å². The second-order valence-corrected chi connectivity index (χ2v) is 7.85. The molecule has 1 saturated heterocycles. The van der Waals surface area contributed by atoms with E-state index >= 15 is 0 Å². The fourth-order valence-electron chi connectivity index (χ4n) is 3.39. The van der Waals surface area contributed by atoms with Crippen molar-refractivity contribution in [3.63, 3.8) is 0 Å². The summed E-state index contributed by atoms with van der Waals surface area (Å²) in [5.41, 5.74) is 3.35. The van der Waals surface area contributed by atoms with Gasteiger partial charge < -0.3 is 15.5 Å². The number of amides is 2. The fourth-order valence-corrected chi connectivity index (χ4v) is 3.39. The number of carbonyl (C=O) groups is 1. The van der Waals surface area contributed by atoms with Gasteiger partial charge in [0, 0.05) is 37.9 Å². The molecule has 5 nitrogen and oxygen atoms in total. The van der Waals surface area contributed by atoms with E-state index in [4.69, 9.17) is 0 Å². The van der Waals surface area contributed by atoms with Crippen LogP contribution >= 0.6 is 0 Å². The Kier molecular flexibility index (Phi) is 6.85. The molecule has 1 unspecified atom stereocenters. The molecule has 0 aromatic heterocycles. The molecule has 0 saturated carbocycles. The normalized spacial score (nSPS) is 19.4. The van der Waals surface area contributed by atoms with Crippen LogP contribution in [0.1, 0.15) is 50.7 Å². The zero-order chi connectivity index (χ0) is 18.6. The van der Waals surface area contributed by atoms with Crippen LogP contribution in [0.2, 0.25) is 0 Å². The van der Waals surface area contributed by atoms with Gasteiger partial charge in [-0.15, -0.1) is 0 Å². The van der Waals surface area contributed by atoms with E-state index in [0.29, 0.717) is 24.4 Å². The van der Waals surface area contributed by atoms with Gasteiger partial charge in [0.15, 0.2) is 0 Å². The molecule has 0 bridgehead atoms. The lowest BCUT2D eigenvalue weighted by Gasteiger charge is -2.37. The molecule has 1 aliphatic heterocycles. The lowest BCUT2D eigenvalue weighted by atomic mass is 9.93. The summed E-state index contributed by atoms with van der Waals surface area (Å²) in [4.78, 5) is 17.2. The average Bonchev–Trinajstić information content (AvgIpc) is 2.55. The maximum Gasteiger partial charge on any atom is 0.319 e. The molecule has 1 atom stereocenters. The Bertz CT molecular complexity index is 559. The first-order chi connectivity index (χ1) is 11.8. The highest BCUT2D eigenvalue weighted by Gasteiger charge is 2.23. The molecule has 1 aromatic carbocycles. The number of piperazine rings is 1. The Labute approximate surface area is 152 Å². The van der Waals surface area contributed by atoms with E-state index in [1.54, 1.807) is 0 Å². The molecule has 0 spiro atoms. The highest BCUT2D eigenvalue weighted by Crippen LogP contribution is 2.32. The number of nitrogens with zero attached hydrogens (tertiary/aromatic N) is 2. The predicted molar refractivity (Wildman–Crippen MR) is 106 cm³/mol. The summed E-state index contributed by atoms with van der Waals surface area (Å²) in [5.74, 6) is 0.735. The molecular formula is C20H34N4O. The van der Waals surface area contributed by atoms with Crippen molar-refractivity contribution in [1.29, 1.82) is 0 Å². The average molecular weight is 347 g/mol. The van der Waals surface area contributed by atoms with Crippen LogP contribution < -0.4 is 10.6 Å². The summed E-state index contributed by atoms with van der Waals surface area (Å²) in [6, 6.07) is 6.54. The number of urea groups is 1. The topological polar surface area (TPSA) is 47.6 Å². The first-order valence-corrected chi connectivity index (χ1v) is 9.36. The van der Waals surface area contributed by atoms with E-state index < -0.39 is 0 Å². The van der Waals surface area contributed by atoms with Crippen molar-refractivity contribution in [2.45, 2.75) is 45.6 Å². The molecule has 1 fully saturated rings. The molecule has 1 aliphatic rings. The van der Waals surface area contributed by atoms with Crippen molar-refractivity contribution < 1.29 is 4.79 Å². The van der Waals surface area contributed by atoms with Gasteiger partial charge in [-0.3, -0.25) is 4.90 Å². The summed E-state index contributed by atoms with van der Waals surface area (Å²) in [6.07, 6.45) is 0. The lowest BCUT2D eigenvalue weighted by Crippen LogP contribution is -2.54. The summed E-state index contributed by atoms with van der Waals surface area (Å²) >= 11 is 0. The van der Waals surface area contributed by atoms with Crippen LogP contribution in [0.5, 0.6) is 0 Å². The molecular weight excluding hydrogens is 312 g/mol. The minimum atomic E-state index is -0.114. The molecule has 2 N–H and O–H groups in total. The zero-order valence-corrected chi connectivity index (χ0v) is 16.6. The van der Waals surface area contributed by atoms with Crippen LogP contribution in [0.3, 0.4) is 0 Å². The minimum Gasteiger partial charge on any atom is -0.336 e. The summed E-state index contributed by atoms with van der Waals surface area (Å²) < 4.78 is 0. The van der Waals surface area contributed by atoms with Crippen molar-refractivity contribution in [3.05, 3.63) is 29.3 Å². The molecule has 25 heavy (non-hydrogen) atoms. The van der Waals surface area contributed by atoms with Gasteiger partial charge in [-0.05, 0) is 37.1 Å². The number of nitrogens with one attached hydrogen (secondary N) is 2. The molecule has 140 valence electrons. The first kappa shape index (κ1) is 19.7. The van der Waals surface area contributed by atoms with Gasteiger partial charge in [-0.25, -0.2) is 4.79 Å². The van der Waals surface area contributed by atoms with Gasteiger partial charge in [-0.2, -0.15) is 0 Å². The van der Waals surface area contributed by atoms with Crippen LogP contribution in [0.4, 0.5) is 10.5 Å². The summed E-state index contributed by atoms with van der Waals surface area (Å²) in [7, 11) is 4.26. The molecule has 1 heterocycles. The second kappa shape index (κ2) is 8.68. The zero-order valence-electron chi connectivity index (χ0n) is 16.6. The van der Waals surface area contributed by atoms with Gasteiger partial charge in [0.25, 0.3) is 0 Å². The highest BCUT2D eigenvalue weighted by atomic mass is 16.2.